The first-order valence-corrected chi connectivity index (χ1v) is 10.7. The van der Waals surface area contributed by atoms with Crippen molar-refractivity contribution in [3.05, 3.63) is 60.8 Å². The van der Waals surface area contributed by atoms with E-state index in [-0.39, 0.29) is 6.03 Å². The third-order valence-corrected chi connectivity index (χ3v) is 5.57. The lowest BCUT2D eigenvalue weighted by Crippen LogP contribution is -2.33. The molecule has 1 fully saturated rings. The van der Waals surface area contributed by atoms with Crippen molar-refractivity contribution >= 4 is 29.2 Å². The number of urea groups is 1. The molecule has 0 aliphatic carbocycles. The topological polar surface area (TPSA) is 88.0 Å². The number of carbonyl (C=O) groups excluding carboxylic acids is 1. The molecular weight excluding hydrogens is 386 g/mol. The van der Waals surface area contributed by atoms with Gasteiger partial charge in [0.1, 0.15) is 12.0 Å². The van der Waals surface area contributed by atoms with E-state index >= 15 is 0 Å². The quantitative estimate of drug-likeness (QED) is 0.651. The number of benzene rings is 1. The van der Waals surface area contributed by atoms with E-state index in [9.17, 15) is 4.79 Å². The SMILES string of the molecule is O=C(NCCc1ccccc1)Nc1cnn(-c2ncncc2N2CCSCC2)c1. The Morgan fingerprint density at radius 2 is 1.97 bits per heavy atom. The van der Waals surface area contributed by atoms with E-state index < -0.39 is 0 Å². The number of nitrogens with one attached hydrogen (secondary N) is 2. The molecule has 2 amide bonds. The molecule has 2 N–H and O–H groups in total. The van der Waals surface area contributed by atoms with Gasteiger partial charge in [0.05, 0.1) is 24.3 Å². The van der Waals surface area contributed by atoms with Crippen LogP contribution >= 0.6 is 11.8 Å². The highest BCUT2D eigenvalue weighted by molar-refractivity contribution is 7.99. The number of hydrogen-bond acceptors (Lipinski definition) is 6. The van der Waals surface area contributed by atoms with Gasteiger partial charge in [-0.05, 0) is 12.0 Å². The molecule has 3 aromatic rings. The fourth-order valence-electron chi connectivity index (χ4n) is 3.16. The van der Waals surface area contributed by atoms with Crippen LogP contribution in [0.5, 0.6) is 0 Å². The van der Waals surface area contributed by atoms with Crippen LogP contribution in [0, 0.1) is 0 Å². The van der Waals surface area contributed by atoms with E-state index in [0.29, 0.717) is 18.1 Å². The summed E-state index contributed by atoms with van der Waals surface area (Å²) in [5.41, 5.74) is 2.75. The molecule has 4 rings (SSSR count). The molecule has 1 aliphatic rings. The summed E-state index contributed by atoms with van der Waals surface area (Å²) in [4.78, 5) is 23.0. The minimum atomic E-state index is -0.253. The average molecular weight is 410 g/mol. The molecule has 0 atom stereocenters. The highest BCUT2D eigenvalue weighted by Crippen LogP contribution is 2.24. The van der Waals surface area contributed by atoms with Gasteiger partial charge in [-0.2, -0.15) is 16.9 Å². The molecule has 1 saturated heterocycles. The third-order valence-electron chi connectivity index (χ3n) is 4.62. The molecule has 3 heterocycles. The largest absolute Gasteiger partial charge is 0.366 e. The summed E-state index contributed by atoms with van der Waals surface area (Å²) in [6.45, 7) is 2.48. The second-order valence-corrected chi connectivity index (χ2v) is 7.85. The zero-order valence-corrected chi connectivity index (χ0v) is 16.8. The fourth-order valence-corrected chi connectivity index (χ4v) is 4.07. The van der Waals surface area contributed by atoms with Crippen molar-refractivity contribution in [1.82, 2.24) is 25.1 Å². The van der Waals surface area contributed by atoms with Gasteiger partial charge < -0.3 is 15.5 Å². The molecule has 0 bridgehead atoms. The average Bonchev–Trinajstić information content (AvgIpc) is 3.23. The minimum Gasteiger partial charge on any atom is -0.366 e. The van der Waals surface area contributed by atoms with Crippen LogP contribution < -0.4 is 15.5 Å². The normalized spacial score (nSPS) is 13.9. The molecule has 2 aromatic heterocycles. The number of thioether (sulfide) groups is 1. The lowest BCUT2D eigenvalue weighted by Gasteiger charge is -2.29. The lowest BCUT2D eigenvalue weighted by atomic mass is 10.1. The van der Waals surface area contributed by atoms with E-state index in [1.807, 2.05) is 48.3 Å². The first kappa shape index (κ1) is 19.3. The van der Waals surface area contributed by atoms with Gasteiger partial charge in [0.2, 0.25) is 0 Å². The predicted octanol–water partition coefficient (Wildman–Crippen LogP) is 2.58. The molecule has 0 radical (unpaired) electrons. The van der Waals surface area contributed by atoms with Crippen molar-refractivity contribution in [3.8, 4) is 5.82 Å². The predicted molar refractivity (Wildman–Crippen MR) is 116 cm³/mol. The summed E-state index contributed by atoms with van der Waals surface area (Å²) < 4.78 is 1.68. The Labute approximate surface area is 173 Å². The molecule has 0 unspecified atom stereocenters. The van der Waals surface area contributed by atoms with Gasteiger partial charge in [0.15, 0.2) is 5.82 Å². The van der Waals surface area contributed by atoms with Crippen molar-refractivity contribution in [2.75, 3.05) is 41.4 Å². The van der Waals surface area contributed by atoms with E-state index in [0.717, 1.165) is 36.7 Å². The van der Waals surface area contributed by atoms with E-state index in [1.54, 1.807) is 17.1 Å². The standard InChI is InChI=1S/C20H23N7OS/c28-20(22-7-6-16-4-2-1-3-5-16)25-17-12-24-27(14-17)19-18(13-21-15-23-19)26-8-10-29-11-9-26/h1-5,12-15H,6-11H2,(H2,22,25,28). The van der Waals surface area contributed by atoms with Crippen molar-refractivity contribution < 1.29 is 4.79 Å². The van der Waals surface area contributed by atoms with Gasteiger partial charge in [0, 0.05) is 31.1 Å². The summed E-state index contributed by atoms with van der Waals surface area (Å²) >= 11 is 1.95. The number of aromatic nitrogens is 4. The summed E-state index contributed by atoms with van der Waals surface area (Å²) in [6, 6.07) is 9.81. The summed E-state index contributed by atoms with van der Waals surface area (Å²) in [6.07, 6.45) is 7.51. The first-order chi connectivity index (χ1) is 14.3. The van der Waals surface area contributed by atoms with E-state index in [1.165, 1.54) is 11.9 Å². The van der Waals surface area contributed by atoms with Gasteiger partial charge in [-0.1, -0.05) is 30.3 Å². The molecule has 150 valence electrons. The molecule has 1 aliphatic heterocycles. The van der Waals surface area contributed by atoms with Crippen molar-refractivity contribution in [2.24, 2.45) is 0 Å². The Balaban J connectivity index is 1.37. The molecule has 1 aromatic carbocycles. The monoisotopic (exact) mass is 409 g/mol. The maximum absolute atomic E-state index is 12.2. The number of nitrogens with zero attached hydrogens (tertiary/aromatic N) is 5. The minimum absolute atomic E-state index is 0.253. The van der Waals surface area contributed by atoms with Crippen molar-refractivity contribution in [2.45, 2.75) is 6.42 Å². The molecular formula is C20H23N7OS. The van der Waals surface area contributed by atoms with Crippen LogP contribution in [0.4, 0.5) is 16.2 Å². The Bertz CT molecular complexity index is 941. The van der Waals surface area contributed by atoms with Crippen molar-refractivity contribution in [1.29, 1.82) is 0 Å². The smallest absolute Gasteiger partial charge is 0.319 e. The summed E-state index contributed by atoms with van der Waals surface area (Å²) in [7, 11) is 0. The van der Waals surface area contributed by atoms with Gasteiger partial charge in [0.25, 0.3) is 0 Å². The van der Waals surface area contributed by atoms with Crippen LogP contribution in [0.25, 0.3) is 5.82 Å². The zero-order valence-electron chi connectivity index (χ0n) is 16.0. The van der Waals surface area contributed by atoms with Crippen LogP contribution in [0.3, 0.4) is 0 Å². The van der Waals surface area contributed by atoms with Gasteiger partial charge >= 0.3 is 6.03 Å². The molecule has 0 saturated carbocycles. The number of carbonyl (C=O) groups is 1. The van der Waals surface area contributed by atoms with Gasteiger partial charge in [-0.3, -0.25) is 0 Å². The first-order valence-electron chi connectivity index (χ1n) is 9.56. The van der Waals surface area contributed by atoms with Crippen LogP contribution in [-0.2, 0) is 6.42 Å². The fraction of sp³-hybridized carbons (Fsp3) is 0.300. The van der Waals surface area contributed by atoms with Crippen LogP contribution in [0.15, 0.2) is 55.2 Å². The summed E-state index contributed by atoms with van der Waals surface area (Å²) in [5.74, 6) is 2.89. The Morgan fingerprint density at radius 3 is 2.79 bits per heavy atom. The Morgan fingerprint density at radius 1 is 1.14 bits per heavy atom. The maximum atomic E-state index is 12.2. The molecule has 29 heavy (non-hydrogen) atoms. The van der Waals surface area contributed by atoms with Crippen LogP contribution in [-0.4, -0.2) is 56.9 Å². The van der Waals surface area contributed by atoms with Gasteiger partial charge in [-0.25, -0.2) is 19.4 Å². The van der Waals surface area contributed by atoms with Crippen LogP contribution in [0.2, 0.25) is 0 Å². The number of rotatable bonds is 6. The summed E-state index contributed by atoms with van der Waals surface area (Å²) in [5, 5.41) is 10.1. The highest BCUT2D eigenvalue weighted by Gasteiger charge is 2.17. The number of hydrogen-bond donors (Lipinski definition) is 2. The second-order valence-electron chi connectivity index (χ2n) is 6.62. The molecule has 8 nitrogen and oxygen atoms in total. The van der Waals surface area contributed by atoms with Crippen LogP contribution in [0.1, 0.15) is 5.56 Å². The van der Waals surface area contributed by atoms with Crippen molar-refractivity contribution in [3.63, 3.8) is 0 Å². The Hall–Kier alpha value is -3.07. The number of amides is 2. The number of anilines is 2. The highest BCUT2D eigenvalue weighted by atomic mass is 32.2. The van der Waals surface area contributed by atoms with Gasteiger partial charge in [-0.15, -0.1) is 0 Å². The molecule has 9 heteroatoms. The van der Waals surface area contributed by atoms with E-state index in [4.69, 9.17) is 0 Å². The zero-order chi connectivity index (χ0) is 19.9. The molecule has 0 spiro atoms. The van der Waals surface area contributed by atoms with E-state index in [2.05, 4.69) is 30.6 Å². The lowest BCUT2D eigenvalue weighted by molar-refractivity contribution is 0.252. The maximum Gasteiger partial charge on any atom is 0.319 e. The Kier molecular flexibility index (Phi) is 6.25. The third kappa shape index (κ3) is 5.05. The second kappa shape index (κ2) is 9.42.